The molecule has 0 aromatic heterocycles. The first kappa shape index (κ1) is 15.1. The zero-order valence-electron chi connectivity index (χ0n) is 11.1. The number of nitro groups is 1. The van der Waals surface area contributed by atoms with Crippen molar-refractivity contribution in [2.24, 2.45) is 0 Å². The van der Waals surface area contributed by atoms with E-state index in [2.05, 4.69) is 0 Å². The van der Waals surface area contributed by atoms with E-state index in [0.717, 1.165) is 23.8 Å². The molecule has 7 heteroatoms. The van der Waals surface area contributed by atoms with Gasteiger partial charge in [-0.05, 0) is 31.2 Å². The highest BCUT2D eigenvalue weighted by atomic mass is 32.2. The molecule has 2 aromatic rings. The third kappa shape index (κ3) is 3.43. The second kappa shape index (κ2) is 5.61. The molecule has 2 rings (SSSR count). The number of benzene rings is 2. The number of sulfone groups is 1. The minimum atomic E-state index is -3.77. The summed E-state index contributed by atoms with van der Waals surface area (Å²) in [5, 5.41) is 10.9. The van der Waals surface area contributed by atoms with Gasteiger partial charge >= 0.3 is 0 Å². The number of nitrogens with zero attached hydrogens (tertiary/aromatic N) is 1. The summed E-state index contributed by atoms with van der Waals surface area (Å²) < 4.78 is 37.7. The average molecular weight is 309 g/mol. The molecule has 0 atom stereocenters. The first-order valence-electron chi connectivity index (χ1n) is 6.02. The molecule has 0 aliphatic rings. The highest BCUT2D eigenvalue weighted by Crippen LogP contribution is 2.25. The van der Waals surface area contributed by atoms with Crippen LogP contribution in [0.5, 0.6) is 0 Å². The average Bonchev–Trinajstić information content (AvgIpc) is 2.38. The van der Waals surface area contributed by atoms with Crippen molar-refractivity contribution in [1.82, 2.24) is 0 Å². The fraction of sp³-hybridized carbons (Fsp3) is 0.143. The lowest BCUT2D eigenvalue weighted by molar-refractivity contribution is -0.385. The van der Waals surface area contributed by atoms with Crippen molar-refractivity contribution in [3.63, 3.8) is 0 Å². The predicted molar refractivity (Wildman–Crippen MR) is 75.1 cm³/mol. The second-order valence-corrected chi connectivity index (χ2v) is 6.59. The van der Waals surface area contributed by atoms with Gasteiger partial charge in [0, 0.05) is 11.6 Å². The third-order valence-electron chi connectivity index (χ3n) is 2.96. The predicted octanol–water partition coefficient (Wildman–Crippen LogP) is 3.02. The van der Waals surface area contributed by atoms with Crippen LogP contribution in [0, 0.1) is 22.9 Å². The molecule has 0 spiro atoms. The van der Waals surface area contributed by atoms with Gasteiger partial charge in [-0.25, -0.2) is 12.8 Å². The van der Waals surface area contributed by atoms with E-state index in [9.17, 15) is 22.9 Å². The molecule has 0 heterocycles. The van der Waals surface area contributed by atoms with Gasteiger partial charge in [-0.3, -0.25) is 10.1 Å². The lowest BCUT2D eigenvalue weighted by Crippen LogP contribution is -2.07. The van der Waals surface area contributed by atoms with Crippen molar-refractivity contribution in [1.29, 1.82) is 0 Å². The van der Waals surface area contributed by atoms with Crippen LogP contribution in [0.15, 0.2) is 47.4 Å². The van der Waals surface area contributed by atoms with Gasteiger partial charge in [-0.1, -0.05) is 17.7 Å². The van der Waals surface area contributed by atoms with E-state index in [1.807, 2.05) is 6.92 Å². The monoisotopic (exact) mass is 309 g/mol. The topological polar surface area (TPSA) is 77.3 Å². The van der Waals surface area contributed by atoms with E-state index in [1.54, 1.807) is 12.1 Å². The number of aryl methyl sites for hydroxylation is 1. The van der Waals surface area contributed by atoms with E-state index in [4.69, 9.17) is 0 Å². The van der Waals surface area contributed by atoms with Crippen LogP contribution in [0.4, 0.5) is 10.1 Å². The Morgan fingerprint density at radius 3 is 2.33 bits per heavy atom. The highest BCUT2D eigenvalue weighted by Gasteiger charge is 2.22. The van der Waals surface area contributed by atoms with Gasteiger partial charge in [0.25, 0.3) is 5.69 Å². The molecule has 2 aromatic carbocycles. The van der Waals surface area contributed by atoms with Crippen LogP contribution in [0.3, 0.4) is 0 Å². The summed E-state index contributed by atoms with van der Waals surface area (Å²) in [6, 6.07) is 8.89. The molecular formula is C14H12FNO4S. The van der Waals surface area contributed by atoms with Crippen molar-refractivity contribution >= 4 is 15.5 Å². The van der Waals surface area contributed by atoms with Crippen LogP contribution in [0.1, 0.15) is 11.1 Å². The lowest BCUT2D eigenvalue weighted by Gasteiger charge is -2.06. The van der Waals surface area contributed by atoms with Crippen LogP contribution >= 0.6 is 0 Å². The molecule has 21 heavy (non-hydrogen) atoms. The maximum atomic E-state index is 13.2. The van der Waals surface area contributed by atoms with Gasteiger partial charge in [0.2, 0.25) is 0 Å². The van der Waals surface area contributed by atoms with Crippen LogP contribution < -0.4 is 0 Å². The molecule has 0 saturated heterocycles. The molecule has 0 aliphatic carbocycles. The molecule has 0 bridgehead atoms. The van der Waals surface area contributed by atoms with Crippen molar-refractivity contribution < 1.29 is 17.7 Å². The quantitative estimate of drug-likeness (QED) is 0.642. The summed E-state index contributed by atoms with van der Waals surface area (Å²) in [5.74, 6) is -1.33. The molecule has 0 fully saturated rings. The lowest BCUT2D eigenvalue weighted by atomic mass is 10.2. The Morgan fingerprint density at radius 2 is 1.76 bits per heavy atom. The van der Waals surface area contributed by atoms with Crippen LogP contribution in [0.25, 0.3) is 0 Å². The van der Waals surface area contributed by atoms with Crippen LogP contribution in [0.2, 0.25) is 0 Å². The second-order valence-electron chi connectivity index (χ2n) is 4.60. The van der Waals surface area contributed by atoms with Crippen LogP contribution in [-0.2, 0) is 15.6 Å². The molecule has 0 aliphatic heterocycles. The fourth-order valence-corrected chi connectivity index (χ4v) is 3.24. The Hall–Kier alpha value is -2.28. The minimum absolute atomic E-state index is 0.0478. The van der Waals surface area contributed by atoms with Gasteiger partial charge < -0.3 is 0 Å². The zero-order chi connectivity index (χ0) is 15.6. The van der Waals surface area contributed by atoms with Gasteiger partial charge in [0.05, 0.1) is 15.6 Å². The molecular weight excluding hydrogens is 297 g/mol. The number of hydrogen-bond acceptors (Lipinski definition) is 4. The number of hydrogen-bond donors (Lipinski definition) is 0. The van der Waals surface area contributed by atoms with Crippen LogP contribution in [-0.4, -0.2) is 13.3 Å². The van der Waals surface area contributed by atoms with E-state index in [1.165, 1.54) is 12.1 Å². The zero-order valence-corrected chi connectivity index (χ0v) is 11.9. The number of halogens is 1. The summed E-state index contributed by atoms with van der Waals surface area (Å²) in [4.78, 5) is 10.2. The van der Waals surface area contributed by atoms with Crippen molar-refractivity contribution in [3.05, 3.63) is 69.5 Å². The highest BCUT2D eigenvalue weighted by molar-refractivity contribution is 7.90. The first-order valence-corrected chi connectivity index (χ1v) is 7.67. The Bertz CT molecular complexity index is 785. The Labute approximate surface area is 121 Å². The fourth-order valence-electron chi connectivity index (χ4n) is 1.88. The molecule has 0 saturated carbocycles. The standard InChI is InChI=1S/C14H12FNO4S/c1-10-2-5-13(6-3-10)21(19,20)9-11-8-12(15)4-7-14(11)16(17)18/h2-8H,9H2,1H3. The SMILES string of the molecule is Cc1ccc(S(=O)(=O)Cc2cc(F)ccc2[N+](=O)[O-])cc1. The molecule has 5 nitrogen and oxygen atoms in total. The van der Waals surface area contributed by atoms with Gasteiger partial charge in [-0.15, -0.1) is 0 Å². The molecule has 110 valence electrons. The number of nitro benzene ring substituents is 1. The summed E-state index contributed by atoms with van der Waals surface area (Å²) >= 11 is 0. The van der Waals surface area contributed by atoms with Crippen molar-refractivity contribution in [3.8, 4) is 0 Å². The number of rotatable bonds is 4. The van der Waals surface area contributed by atoms with E-state index >= 15 is 0 Å². The Kier molecular flexibility index (Phi) is 4.04. The van der Waals surface area contributed by atoms with Crippen molar-refractivity contribution in [2.75, 3.05) is 0 Å². The molecule has 0 amide bonds. The minimum Gasteiger partial charge on any atom is -0.258 e. The molecule has 0 radical (unpaired) electrons. The van der Waals surface area contributed by atoms with E-state index in [-0.39, 0.29) is 10.5 Å². The molecule has 0 unspecified atom stereocenters. The van der Waals surface area contributed by atoms with Gasteiger partial charge in [0.15, 0.2) is 9.84 Å². The summed E-state index contributed by atoms with van der Waals surface area (Å²) in [7, 11) is -3.77. The molecule has 0 N–H and O–H groups in total. The third-order valence-corrected chi connectivity index (χ3v) is 4.65. The van der Waals surface area contributed by atoms with Crippen molar-refractivity contribution in [2.45, 2.75) is 17.6 Å². The summed E-state index contributed by atoms with van der Waals surface area (Å²) in [6.45, 7) is 1.81. The smallest absolute Gasteiger partial charge is 0.258 e. The van der Waals surface area contributed by atoms with E-state index < -0.39 is 32.0 Å². The van der Waals surface area contributed by atoms with E-state index in [0.29, 0.717) is 0 Å². The maximum absolute atomic E-state index is 13.2. The summed E-state index contributed by atoms with van der Waals surface area (Å²) in [6.07, 6.45) is 0. The Balaban J connectivity index is 2.43. The normalized spacial score (nSPS) is 11.3. The van der Waals surface area contributed by atoms with Gasteiger partial charge in [0.1, 0.15) is 5.82 Å². The maximum Gasteiger partial charge on any atom is 0.273 e. The first-order chi connectivity index (χ1) is 9.79. The largest absolute Gasteiger partial charge is 0.273 e. The summed E-state index contributed by atoms with van der Waals surface area (Å²) in [5.41, 5.74) is 0.318. The van der Waals surface area contributed by atoms with Gasteiger partial charge in [-0.2, -0.15) is 0 Å². The Morgan fingerprint density at radius 1 is 1.14 bits per heavy atom.